The van der Waals surface area contributed by atoms with Crippen LogP contribution in [0.2, 0.25) is 0 Å². The predicted molar refractivity (Wildman–Crippen MR) is 258 cm³/mol. The van der Waals surface area contributed by atoms with E-state index in [-0.39, 0.29) is 22.7 Å². The zero-order valence-corrected chi connectivity index (χ0v) is 42.6. The highest BCUT2D eigenvalue weighted by atomic mass is 16.7. The van der Waals surface area contributed by atoms with E-state index >= 15 is 0 Å². The number of hydrogen-bond acceptors (Lipinski definition) is 11. The average molecular weight is 934 g/mol. The van der Waals surface area contributed by atoms with Gasteiger partial charge >= 0.3 is 0 Å². The van der Waals surface area contributed by atoms with Crippen LogP contribution < -0.4 is 5.32 Å². The Morgan fingerprint density at radius 3 is 1.91 bits per heavy atom. The van der Waals surface area contributed by atoms with Gasteiger partial charge in [0.2, 0.25) is 0 Å². The molecule has 6 aliphatic carbocycles. The molecule has 384 valence electrons. The molecule has 7 aliphatic rings. The molecule has 66 heavy (non-hydrogen) atoms. The average Bonchev–Trinajstić information content (AvgIpc) is 3.65. The standard InChI is InChI=1S/C55H99NO10/c1-34(36-23-28-52(4)37(36)24-29-54(6)41(52)21-22-42-53(5)27-17-26-51(2,3)40(53)25-30-55(42,54)7)44(59)48(63)49(64)45(60)38(58)33-65-50-43(47(62)46(61)39(32-57)66-50)56-31-16-11-9-8-10-13-18-35-19-14-12-15-20-35/h34-50,56-64H,8-33H2,1-7H3. The number of unbranched alkanes of at least 4 members (excludes halogenated alkanes) is 5. The summed E-state index contributed by atoms with van der Waals surface area (Å²) in [5.74, 6) is 3.26. The predicted octanol–water partition coefficient (Wildman–Crippen LogP) is 7.64. The summed E-state index contributed by atoms with van der Waals surface area (Å²) >= 11 is 0. The Labute approximate surface area is 400 Å². The molecule has 1 heterocycles. The summed E-state index contributed by atoms with van der Waals surface area (Å²) in [5, 5.41) is 91.6. The topological polar surface area (TPSA) is 192 Å². The van der Waals surface area contributed by atoms with Gasteiger partial charge in [-0.15, -0.1) is 0 Å². The SMILES string of the molecule is CC(C(O)C(O)C(O)C(O)C(O)COC1OC(CO)C(O)C(O)C1NCCCCCCCCC1CCCCC1)C1CCC2(C)C1CCC1(C)C2CCC2C3(C)CCCC(C)(C)C3CCC21C. The van der Waals surface area contributed by atoms with Gasteiger partial charge in [-0.2, -0.15) is 0 Å². The molecule has 0 bridgehead atoms. The summed E-state index contributed by atoms with van der Waals surface area (Å²) < 4.78 is 11.7. The van der Waals surface area contributed by atoms with Crippen molar-refractivity contribution in [3.05, 3.63) is 0 Å². The third kappa shape index (κ3) is 10.1. The Balaban J connectivity index is 0.895. The Kier molecular flexibility index (Phi) is 17.6. The van der Waals surface area contributed by atoms with E-state index in [0.717, 1.165) is 56.3 Å². The quantitative estimate of drug-likeness (QED) is 0.0546. The van der Waals surface area contributed by atoms with E-state index in [1.54, 1.807) is 0 Å². The maximum atomic E-state index is 11.7. The van der Waals surface area contributed by atoms with Crippen molar-refractivity contribution in [2.24, 2.45) is 68.5 Å². The van der Waals surface area contributed by atoms with Crippen LogP contribution in [-0.2, 0) is 9.47 Å². The molecule has 0 spiro atoms. The molecule has 11 heteroatoms. The lowest BCUT2D eigenvalue weighted by atomic mass is 9.32. The van der Waals surface area contributed by atoms with Crippen LogP contribution in [0.4, 0.5) is 0 Å². The lowest BCUT2D eigenvalue weighted by Gasteiger charge is -2.73. The van der Waals surface area contributed by atoms with Crippen molar-refractivity contribution in [1.82, 2.24) is 5.32 Å². The van der Waals surface area contributed by atoms with Gasteiger partial charge in [0.05, 0.1) is 25.4 Å². The number of aliphatic hydroxyl groups is 8. The monoisotopic (exact) mass is 934 g/mol. The molecule has 20 unspecified atom stereocenters. The van der Waals surface area contributed by atoms with E-state index in [0.29, 0.717) is 34.6 Å². The van der Waals surface area contributed by atoms with Crippen molar-refractivity contribution in [2.75, 3.05) is 19.8 Å². The Hall–Kier alpha value is -0.440. The number of aliphatic hydroxyl groups excluding tert-OH is 8. The largest absolute Gasteiger partial charge is 0.394 e. The zero-order valence-electron chi connectivity index (χ0n) is 42.6. The first-order valence-corrected chi connectivity index (χ1v) is 27.6. The molecule has 0 radical (unpaired) electrons. The first kappa shape index (κ1) is 53.4. The van der Waals surface area contributed by atoms with Gasteiger partial charge in [-0.3, -0.25) is 0 Å². The number of fused-ring (bicyclic) bond motifs is 7. The molecule has 7 fully saturated rings. The van der Waals surface area contributed by atoms with Gasteiger partial charge in [0, 0.05) is 0 Å². The molecular formula is C55H99NO10. The summed E-state index contributed by atoms with van der Waals surface area (Å²) in [4.78, 5) is 0. The number of hydrogen-bond donors (Lipinski definition) is 9. The molecule has 0 amide bonds. The molecule has 6 saturated carbocycles. The molecule has 7 rings (SSSR count). The third-order valence-electron chi connectivity index (χ3n) is 21.9. The minimum Gasteiger partial charge on any atom is -0.394 e. The van der Waals surface area contributed by atoms with Crippen molar-refractivity contribution in [3.8, 4) is 0 Å². The fraction of sp³-hybridized carbons (Fsp3) is 1.00. The summed E-state index contributed by atoms with van der Waals surface area (Å²) in [7, 11) is 0. The van der Waals surface area contributed by atoms with E-state index < -0.39 is 74.4 Å². The van der Waals surface area contributed by atoms with Crippen LogP contribution in [0.3, 0.4) is 0 Å². The minimum absolute atomic E-state index is 0.125. The fourth-order valence-corrected chi connectivity index (χ4v) is 17.9. The summed E-state index contributed by atoms with van der Waals surface area (Å²) in [5.41, 5.74) is 1.46. The highest BCUT2D eigenvalue weighted by Crippen LogP contribution is 2.78. The van der Waals surface area contributed by atoms with Gasteiger partial charge in [-0.05, 0) is 146 Å². The Bertz CT molecular complexity index is 1530. The highest BCUT2D eigenvalue weighted by molar-refractivity contribution is 5.19. The zero-order chi connectivity index (χ0) is 47.8. The van der Waals surface area contributed by atoms with Crippen molar-refractivity contribution >= 4 is 0 Å². The molecule has 1 aliphatic heterocycles. The molecule has 0 aromatic carbocycles. The second-order valence-electron chi connectivity index (χ2n) is 25.6. The molecule has 11 nitrogen and oxygen atoms in total. The van der Waals surface area contributed by atoms with Crippen LogP contribution in [0, 0.1) is 68.5 Å². The Morgan fingerprint density at radius 2 is 1.23 bits per heavy atom. The van der Waals surface area contributed by atoms with Crippen molar-refractivity contribution in [3.63, 3.8) is 0 Å². The van der Waals surface area contributed by atoms with Gasteiger partial charge < -0.3 is 55.6 Å². The van der Waals surface area contributed by atoms with Crippen LogP contribution in [0.25, 0.3) is 0 Å². The first-order valence-electron chi connectivity index (χ1n) is 27.6. The van der Waals surface area contributed by atoms with E-state index in [1.165, 1.54) is 109 Å². The number of rotatable bonds is 20. The molecule has 9 N–H and O–H groups in total. The van der Waals surface area contributed by atoms with Crippen LogP contribution in [0.1, 0.15) is 196 Å². The smallest absolute Gasteiger partial charge is 0.176 e. The molecule has 0 aromatic rings. The number of nitrogens with one attached hydrogen (secondary N) is 1. The first-order chi connectivity index (χ1) is 31.2. The summed E-state index contributed by atoms with van der Waals surface area (Å²) in [6, 6.07) is -0.879. The van der Waals surface area contributed by atoms with Gasteiger partial charge in [-0.25, -0.2) is 0 Å². The van der Waals surface area contributed by atoms with E-state index in [4.69, 9.17) is 9.47 Å². The maximum absolute atomic E-state index is 11.7. The summed E-state index contributed by atoms with van der Waals surface area (Å²) in [6.07, 6.45) is 15.2. The molecule has 1 saturated heterocycles. The normalized spacial score (nSPS) is 44.2. The van der Waals surface area contributed by atoms with Gasteiger partial charge in [0.25, 0.3) is 0 Å². The lowest BCUT2D eigenvalue weighted by Crippen LogP contribution is -2.65. The van der Waals surface area contributed by atoms with Crippen molar-refractivity contribution in [2.45, 2.75) is 257 Å². The number of ether oxygens (including phenoxy) is 2. The van der Waals surface area contributed by atoms with E-state index in [9.17, 15) is 40.9 Å². The van der Waals surface area contributed by atoms with Crippen LogP contribution in [-0.4, -0.2) is 122 Å². The van der Waals surface area contributed by atoms with Crippen LogP contribution in [0.5, 0.6) is 0 Å². The van der Waals surface area contributed by atoms with Crippen LogP contribution in [0.15, 0.2) is 0 Å². The fourth-order valence-electron chi connectivity index (χ4n) is 17.9. The van der Waals surface area contributed by atoms with Gasteiger partial charge in [0.1, 0.15) is 42.7 Å². The minimum atomic E-state index is -1.86. The second-order valence-corrected chi connectivity index (χ2v) is 25.6. The van der Waals surface area contributed by atoms with E-state index in [1.807, 2.05) is 6.92 Å². The molecule has 20 atom stereocenters. The lowest BCUT2D eigenvalue weighted by molar-refractivity contribution is -0.278. The van der Waals surface area contributed by atoms with Crippen molar-refractivity contribution in [1.29, 1.82) is 0 Å². The maximum Gasteiger partial charge on any atom is 0.176 e. The van der Waals surface area contributed by atoms with E-state index in [2.05, 4.69) is 46.9 Å². The third-order valence-corrected chi connectivity index (χ3v) is 21.9. The van der Waals surface area contributed by atoms with Gasteiger partial charge in [0.15, 0.2) is 6.29 Å². The summed E-state index contributed by atoms with van der Waals surface area (Å²) in [6.45, 7) is 17.0. The van der Waals surface area contributed by atoms with Crippen LogP contribution >= 0.6 is 0 Å². The van der Waals surface area contributed by atoms with Crippen molar-refractivity contribution < 1.29 is 50.3 Å². The Morgan fingerprint density at radius 1 is 0.606 bits per heavy atom. The molecular weight excluding hydrogens is 835 g/mol. The van der Waals surface area contributed by atoms with Gasteiger partial charge in [-0.1, -0.05) is 126 Å². The molecule has 0 aromatic heterocycles. The second kappa shape index (κ2) is 21.7. The highest BCUT2D eigenvalue weighted by Gasteiger charge is 2.70.